The van der Waals surface area contributed by atoms with Gasteiger partial charge < -0.3 is 9.47 Å². The van der Waals surface area contributed by atoms with Crippen molar-refractivity contribution in [1.29, 1.82) is 0 Å². The van der Waals surface area contributed by atoms with Gasteiger partial charge in [0.25, 0.3) is 0 Å². The fourth-order valence-corrected chi connectivity index (χ4v) is 3.64. The minimum Gasteiger partial charge on any atom is -0.339 e. The fourth-order valence-electron chi connectivity index (χ4n) is 2.81. The average molecular weight is 339 g/mol. The molecule has 1 amide bonds. The first kappa shape index (κ1) is 15.9. The third kappa shape index (κ3) is 3.37. The first-order valence-electron chi connectivity index (χ1n) is 7.32. The summed E-state index contributed by atoms with van der Waals surface area (Å²) in [7, 11) is -3.21. The van der Waals surface area contributed by atoms with E-state index in [9.17, 15) is 17.6 Å². The van der Waals surface area contributed by atoms with E-state index in [1.54, 1.807) is 21.7 Å². The van der Waals surface area contributed by atoms with Crippen LogP contribution in [0.5, 0.6) is 0 Å². The van der Waals surface area contributed by atoms with E-state index < -0.39 is 10.0 Å². The van der Waals surface area contributed by atoms with Gasteiger partial charge in [0.1, 0.15) is 12.4 Å². The van der Waals surface area contributed by atoms with E-state index in [-0.39, 0.29) is 18.3 Å². The molecule has 8 heteroatoms. The van der Waals surface area contributed by atoms with Gasteiger partial charge in [-0.05, 0) is 29.7 Å². The molecule has 0 atom stereocenters. The number of hydrogen-bond donors (Lipinski definition) is 0. The molecule has 1 aliphatic rings. The van der Waals surface area contributed by atoms with Gasteiger partial charge in [-0.15, -0.1) is 0 Å². The number of amides is 1. The first-order chi connectivity index (χ1) is 10.8. The van der Waals surface area contributed by atoms with Crippen LogP contribution in [0, 0.1) is 5.82 Å². The van der Waals surface area contributed by atoms with Crippen LogP contribution >= 0.6 is 0 Å². The number of carbonyl (C=O) groups is 1. The lowest BCUT2D eigenvalue weighted by Gasteiger charge is -2.33. The van der Waals surface area contributed by atoms with E-state index in [1.807, 2.05) is 6.07 Å². The lowest BCUT2D eigenvalue weighted by atomic mass is 10.2. The van der Waals surface area contributed by atoms with E-state index in [2.05, 4.69) is 0 Å². The van der Waals surface area contributed by atoms with Crippen LogP contribution in [-0.2, 0) is 21.4 Å². The summed E-state index contributed by atoms with van der Waals surface area (Å²) >= 11 is 0. The van der Waals surface area contributed by atoms with E-state index in [4.69, 9.17) is 0 Å². The molecule has 1 aromatic carbocycles. The average Bonchev–Trinajstić information content (AvgIpc) is 2.89. The quantitative estimate of drug-likeness (QED) is 0.834. The highest BCUT2D eigenvalue weighted by molar-refractivity contribution is 7.88. The number of piperazine rings is 1. The molecule has 1 aliphatic heterocycles. The number of sulfonamides is 1. The molecule has 0 spiro atoms. The molecule has 6 nitrogen and oxygen atoms in total. The molecule has 23 heavy (non-hydrogen) atoms. The number of rotatable bonds is 3. The highest BCUT2D eigenvalue weighted by Gasteiger charge is 2.26. The number of carbonyl (C=O) groups excluding carboxylic acids is 1. The van der Waals surface area contributed by atoms with Crippen LogP contribution in [0.3, 0.4) is 0 Å². The van der Waals surface area contributed by atoms with Gasteiger partial charge in [-0.2, -0.15) is 4.31 Å². The highest BCUT2D eigenvalue weighted by Crippen LogP contribution is 2.17. The molecule has 1 fully saturated rings. The Labute approximate surface area is 134 Å². The van der Waals surface area contributed by atoms with E-state index >= 15 is 0 Å². The Hall–Kier alpha value is -1.93. The molecule has 1 saturated heterocycles. The molecule has 2 aromatic rings. The van der Waals surface area contributed by atoms with Crippen molar-refractivity contribution < 1.29 is 17.6 Å². The number of benzene rings is 1. The number of halogens is 1. The number of nitrogens with zero attached hydrogens (tertiary/aromatic N) is 3. The standard InChI is InChI=1S/C15H18FN3O3S/c1-23(21,22)19-8-6-17(7-9-19)15(20)11-18-5-4-12-2-3-13(16)10-14(12)18/h2-5,10H,6-9,11H2,1H3. The molecule has 0 saturated carbocycles. The zero-order valence-electron chi connectivity index (χ0n) is 12.8. The molecule has 3 rings (SSSR count). The van der Waals surface area contributed by atoms with E-state index in [0.717, 1.165) is 5.39 Å². The van der Waals surface area contributed by atoms with Crippen molar-refractivity contribution in [2.45, 2.75) is 6.54 Å². The summed E-state index contributed by atoms with van der Waals surface area (Å²) in [5, 5.41) is 0.876. The van der Waals surface area contributed by atoms with Crippen molar-refractivity contribution in [3.8, 4) is 0 Å². The largest absolute Gasteiger partial charge is 0.339 e. The third-order valence-electron chi connectivity index (χ3n) is 4.10. The van der Waals surface area contributed by atoms with Gasteiger partial charge in [0.15, 0.2) is 0 Å². The maximum absolute atomic E-state index is 13.4. The monoisotopic (exact) mass is 339 g/mol. The lowest BCUT2D eigenvalue weighted by Crippen LogP contribution is -2.50. The van der Waals surface area contributed by atoms with Crippen molar-refractivity contribution >= 4 is 26.8 Å². The van der Waals surface area contributed by atoms with Crippen molar-refractivity contribution in [2.24, 2.45) is 0 Å². The van der Waals surface area contributed by atoms with Crippen LogP contribution in [0.1, 0.15) is 0 Å². The molecule has 0 N–H and O–H groups in total. The minimum atomic E-state index is -3.21. The van der Waals surface area contributed by atoms with Gasteiger partial charge in [-0.25, -0.2) is 12.8 Å². The van der Waals surface area contributed by atoms with Gasteiger partial charge >= 0.3 is 0 Å². The topological polar surface area (TPSA) is 62.6 Å². The van der Waals surface area contributed by atoms with Crippen LogP contribution in [-0.4, -0.2) is 60.5 Å². The Kier molecular flexibility index (Phi) is 4.11. The normalized spacial score (nSPS) is 16.9. The van der Waals surface area contributed by atoms with Gasteiger partial charge in [0, 0.05) is 32.4 Å². The fraction of sp³-hybridized carbons (Fsp3) is 0.400. The highest BCUT2D eigenvalue weighted by atomic mass is 32.2. The summed E-state index contributed by atoms with van der Waals surface area (Å²) < 4.78 is 39.4. The first-order valence-corrected chi connectivity index (χ1v) is 9.17. The maximum Gasteiger partial charge on any atom is 0.242 e. The Balaban J connectivity index is 1.69. The van der Waals surface area contributed by atoms with Crippen LogP contribution in [0.2, 0.25) is 0 Å². The summed E-state index contributed by atoms with van der Waals surface area (Å²) in [6, 6.07) is 6.31. The summed E-state index contributed by atoms with van der Waals surface area (Å²) in [5.41, 5.74) is 0.674. The zero-order chi connectivity index (χ0) is 16.6. The second-order valence-corrected chi connectivity index (χ2v) is 7.67. The second-order valence-electron chi connectivity index (χ2n) is 5.69. The molecule has 0 radical (unpaired) electrons. The Morgan fingerprint density at radius 2 is 1.87 bits per heavy atom. The minimum absolute atomic E-state index is 0.0973. The molecule has 0 aliphatic carbocycles. The summed E-state index contributed by atoms with van der Waals surface area (Å²) in [4.78, 5) is 14.0. The van der Waals surface area contributed by atoms with Crippen molar-refractivity contribution in [3.05, 3.63) is 36.3 Å². The van der Waals surface area contributed by atoms with Crippen molar-refractivity contribution in [2.75, 3.05) is 32.4 Å². The predicted octanol–water partition coefficient (Wildman–Crippen LogP) is 0.884. The molecular formula is C15H18FN3O3S. The smallest absolute Gasteiger partial charge is 0.242 e. The summed E-state index contributed by atoms with van der Waals surface area (Å²) in [5.74, 6) is -0.438. The van der Waals surface area contributed by atoms with Crippen molar-refractivity contribution in [3.63, 3.8) is 0 Å². The van der Waals surface area contributed by atoms with Crippen LogP contribution < -0.4 is 0 Å². The van der Waals surface area contributed by atoms with Crippen LogP contribution in [0.25, 0.3) is 10.9 Å². The molecule has 124 valence electrons. The second kappa shape index (κ2) is 5.93. The van der Waals surface area contributed by atoms with E-state index in [0.29, 0.717) is 31.7 Å². The van der Waals surface area contributed by atoms with Crippen LogP contribution in [0.15, 0.2) is 30.5 Å². The van der Waals surface area contributed by atoms with Crippen LogP contribution in [0.4, 0.5) is 4.39 Å². The molecule has 0 bridgehead atoms. The molecule has 0 unspecified atom stereocenters. The van der Waals surface area contributed by atoms with Gasteiger partial charge in [-0.3, -0.25) is 4.79 Å². The summed E-state index contributed by atoms with van der Waals surface area (Å²) in [6.07, 6.45) is 2.93. The van der Waals surface area contributed by atoms with Gasteiger partial charge in [0.2, 0.25) is 15.9 Å². The molecule has 1 aromatic heterocycles. The Morgan fingerprint density at radius 3 is 2.52 bits per heavy atom. The number of aromatic nitrogens is 1. The van der Waals surface area contributed by atoms with E-state index in [1.165, 1.54) is 22.7 Å². The Morgan fingerprint density at radius 1 is 1.17 bits per heavy atom. The zero-order valence-corrected chi connectivity index (χ0v) is 13.6. The molecular weight excluding hydrogens is 321 g/mol. The lowest BCUT2D eigenvalue weighted by molar-refractivity contribution is -0.132. The third-order valence-corrected chi connectivity index (χ3v) is 5.41. The maximum atomic E-state index is 13.4. The summed E-state index contributed by atoms with van der Waals surface area (Å²) in [6.45, 7) is 1.49. The SMILES string of the molecule is CS(=O)(=O)N1CCN(C(=O)Cn2ccc3ccc(F)cc32)CC1. The van der Waals surface area contributed by atoms with Gasteiger partial charge in [0.05, 0.1) is 11.8 Å². The Bertz CT molecular complexity index is 839. The predicted molar refractivity (Wildman–Crippen MR) is 84.9 cm³/mol. The van der Waals surface area contributed by atoms with Crippen molar-refractivity contribution in [1.82, 2.24) is 13.8 Å². The van der Waals surface area contributed by atoms with Gasteiger partial charge in [-0.1, -0.05) is 0 Å². The number of fused-ring (bicyclic) bond motifs is 1. The molecule has 2 heterocycles. The number of hydrogen-bond acceptors (Lipinski definition) is 3.